The first kappa shape index (κ1) is 27.7. The summed E-state index contributed by atoms with van der Waals surface area (Å²) < 4.78 is 28.8. The predicted molar refractivity (Wildman–Crippen MR) is 135 cm³/mol. The molecule has 3 rings (SSSR count). The van der Waals surface area contributed by atoms with Crippen LogP contribution >= 0.6 is 0 Å². The van der Waals surface area contributed by atoms with E-state index >= 15 is 0 Å². The number of carbonyl (C=O) groups is 3. The van der Waals surface area contributed by atoms with E-state index in [2.05, 4.69) is 5.32 Å². The molecular weight excluding hydrogens is 493 g/mol. The van der Waals surface area contributed by atoms with Crippen molar-refractivity contribution in [2.45, 2.75) is 19.1 Å². The van der Waals surface area contributed by atoms with Crippen molar-refractivity contribution in [3.63, 3.8) is 0 Å². The highest BCUT2D eigenvalue weighted by molar-refractivity contribution is 5.92. The minimum atomic E-state index is -1.14. The summed E-state index contributed by atoms with van der Waals surface area (Å²) in [5.41, 5.74) is 1.87. The lowest BCUT2D eigenvalue weighted by atomic mass is 10.1. The largest absolute Gasteiger partial charge is 0.491 e. The van der Waals surface area contributed by atoms with Crippen LogP contribution in [0.2, 0.25) is 0 Å². The fourth-order valence-corrected chi connectivity index (χ4v) is 3.28. The molecule has 2 amide bonds. The first-order chi connectivity index (χ1) is 18.4. The molecule has 0 saturated heterocycles. The topological polar surface area (TPSA) is 118 Å². The maximum atomic E-state index is 13.0. The van der Waals surface area contributed by atoms with Crippen molar-refractivity contribution in [2.75, 3.05) is 25.6 Å². The number of hydrogen-bond donors (Lipinski definition) is 1. The number of ether oxygens (including phenoxy) is 3. The lowest BCUT2D eigenvalue weighted by Crippen LogP contribution is -2.47. The van der Waals surface area contributed by atoms with Gasteiger partial charge in [-0.15, -0.1) is 0 Å². The van der Waals surface area contributed by atoms with Gasteiger partial charge in [0.15, 0.2) is 12.6 Å². The number of benzene rings is 3. The van der Waals surface area contributed by atoms with Crippen molar-refractivity contribution in [1.82, 2.24) is 4.90 Å². The molecule has 196 valence electrons. The number of carbonyl (C=O) groups excluding carboxylic acids is 3. The van der Waals surface area contributed by atoms with Crippen molar-refractivity contribution in [1.29, 1.82) is 5.26 Å². The highest BCUT2D eigenvalue weighted by atomic mass is 19.1. The van der Waals surface area contributed by atoms with E-state index in [4.69, 9.17) is 19.5 Å². The molecule has 0 saturated carbocycles. The molecule has 0 aliphatic rings. The smallest absolute Gasteiger partial charge is 0.410 e. The Hall–Kier alpha value is -4.91. The van der Waals surface area contributed by atoms with Gasteiger partial charge < -0.3 is 19.5 Å². The van der Waals surface area contributed by atoms with Crippen LogP contribution < -0.4 is 10.1 Å². The average Bonchev–Trinajstić information content (AvgIpc) is 2.93. The van der Waals surface area contributed by atoms with Gasteiger partial charge in [0.1, 0.15) is 30.8 Å². The van der Waals surface area contributed by atoms with Crippen LogP contribution in [0.4, 0.5) is 14.9 Å². The third-order valence-electron chi connectivity index (χ3n) is 5.34. The molecule has 0 heterocycles. The van der Waals surface area contributed by atoms with Gasteiger partial charge in [-0.3, -0.25) is 9.69 Å². The van der Waals surface area contributed by atoms with Gasteiger partial charge in [0.05, 0.1) is 6.42 Å². The summed E-state index contributed by atoms with van der Waals surface area (Å²) in [6, 6.07) is 21.7. The zero-order valence-corrected chi connectivity index (χ0v) is 20.6. The zero-order chi connectivity index (χ0) is 27.3. The van der Waals surface area contributed by atoms with Crippen LogP contribution in [0.5, 0.6) is 5.75 Å². The second kappa shape index (κ2) is 14.0. The number of esters is 1. The van der Waals surface area contributed by atoms with Crippen LogP contribution in [0.3, 0.4) is 0 Å². The average molecular weight is 520 g/mol. The number of nitriles is 1. The zero-order valence-electron chi connectivity index (χ0n) is 20.6. The second-order valence-electron chi connectivity index (χ2n) is 8.12. The summed E-state index contributed by atoms with van der Waals surface area (Å²) in [5, 5.41) is 11.5. The lowest BCUT2D eigenvalue weighted by Gasteiger charge is -2.25. The summed E-state index contributed by atoms with van der Waals surface area (Å²) in [7, 11) is 1.37. The van der Waals surface area contributed by atoms with Crippen LogP contribution in [0.1, 0.15) is 11.1 Å². The van der Waals surface area contributed by atoms with Gasteiger partial charge in [-0.1, -0.05) is 42.5 Å². The van der Waals surface area contributed by atoms with Crippen molar-refractivity contribution in [3.8, 4) is 11.8 Å². The lowest BCUT2D eigenvalue weighted by molar-refractivity contribution is -0.148. The van der Waals surface area contributed by atoms with Gasteiger partial charge in [0, 0.05) is 12.7 Å². The minimum Gasteiger partial charge on any atom is -0.491 e. The van der Waals surface area contributed by atoms with Crippen molar-refractivity contribution >= 4 is 23.7 Å². The summed E-state index contributed by atoms with van der Waals surface area (Å²) >= 11 is 0. The number of anilines is 1. The van der Waals surface area contributed by atoms with Gasteiger partial charge in [0.25, 0.3) is 0 Å². The number of rotatable bonds is 11. The normalized spacial score (nSPS) is 11.0. The number of hydrogen-bond acceptors (Lipinski definition) is 7. The molecule has 3 aromatic rings. The van der Waals surface area contributed by atoms with E-state index in [9.17, 15) is 18.8 Å². The predicted octanol–water partition coefficient (Wildman–Crippen LogP) is 4.09. The van der Waals surface area contributed by atoms with E-state index in [1.54, 1.807) is 66.7 Å². The summed E-state index contributed by atoms with van der Waals surface area (Å²) in [4.78, 5) is 38.4. The molecule has 38 heavy (non-hydrogen) atoms. The molecule has 3 aromatic carbocycles. The summed E-state index contributed by atoms with van der Waals surface area (Å²) in [6.07, 6.45) is -0.699. The molecule has 0 aliphatic heterocycles. The van der Waals surface area contributed by atoms with Gasteiger partial charge in [-0.2, -0.15) is 5.26 Å². The Kier molecular flexibility index (Phi) is 10.2. The van der Waals surface area contributed by atoms with Crippen LogP contribution in [0.25, 0.3) is 0 Å². The molecule has 0 fully saturated rings. The number of nitrogens with one attached hydrogen (secondary N) is 1. The molecule has 0 aliphatic carbocycles. The molecule has 0 bridgehead atoms. The Bertz CT molecular complexity index is 1260. The number of halogens is 1. The van der Waals surface area contributed by atoms with E-state index in [1.807, 2.05) is 6.07 Å². The number of likely N-dealkylation sites (N-methyl/N-ethyl adjacent to an activating group) is 1. The fraction of sp³-hybridized carbons (Fsp3) is 0.214. The molecule has 0 unspecified atom stereocenters. The number of nitrogens with zero attached hydrogens (tertiary/aromatic N) is 2. The maximum absolute atomic E-state index is 13.0. The maximum Gasteiger partial charge on any atom is 0.410 e. The van der Waals surface area contributed by atoms with Gasteiger partial charge >= 0.3 is 12.1 Å². The quantitative estimate of drug-likeness (QED) is 0.379. The molecule has 9 nitrogen and oxygen atoms in total. The SMILES string of the molecule is CN(C(=O)OCc1ccc(NC(=O)Cc2ccc(F)cc2)cc1)[C@@H](COc1ccccc1)C(=O)OCC#N. The van der Waals surface area contributed by atoms with Gasteiger partial charge in [-0.05, 0) is 47.5 Å². The Balaban J connectivity index is 1.52. The molecule has 0 aromatic heterocycles. The summed E-state index contributed by atoms with van der Waals surface area (Å²) in [6.45, 7) is -0.755. The standard InChI is InChI=1S/C28H26FN3O6/c1-32(25(27(34)36-16-15-30)19-37-24-5-3-2-4-6-24)28(35)38-18-21-9-13-23(14-10-21)31-26(33)17-20-7-11-22(29)12-8-20/h2-14,25H,16-19H2,1H3,(H,31,33)/t25-/m0/s1. The van der Waals surface area contributed by atoms with Gasteiger partial charge in [0.2, 0.25) is 5.91 Å². The Labute approximate surface area is 219 Å². The van der Waals surface area contributed by atoms with Gasteiger partial charge in [-0.25, -0.2) is 14.0 Å². The first-order valence-corrected chi connectivity index (χ1v) is 11.6. The van der Waals surface area contributed by atoms with E-state index in [1.165, 1.54) is 19.2 Å². The first-order valence-electron chi connectivity index (χ1n) is 11.6. The fourth-order valence-electron chi connectivity index (χ4n) is 3.28. The van der Waals surface area contributed by atoms with Crippen LogP contribution in [-0.4, -0.2) is 49.2 Å². The Morgan fingerprint density at radius 1 is 0.947 bits per heavy atom. The third kappa shape index (κ3) is 8.64. The van der Waals surface area contributed by atoms with E-state index < -0.39 is 24.7 Å². The highest BCUT2D eigenvalue weighted by Gasteiger charge is 2.30. The van der Waals surface area contributed by atoms with E-state index in [-0.39, 0.29) is 31.4 Å². The van der Waals surface area contributed by atoms with E-state index in [0.29, 0.717) is 22.6 Å². The van der Waals surface area contributed by atoms with Crippen LogP contribution in [0, 0.1) is 17.1 Å². The Morgan fingerprint density at radius 3 is 2.26 bits per heavy atom. The molecule has 0 spiro atoms. The van der Waals surface area contributed by atoms with Crippen molar-refractivity contribution < 1.29 is 33.0 Å². The monoisotopic (exact) mass is 519 g/mol. The summed E-state index contributed by atoms with van der Waals surface area (Å²) in [5.74, 6) is -0.934. The number of para-hydroxylation sites is 1. The molecular formula is C28H26FN3O6. The van der Waals surface area contributed by atoms with Crippen LogP contribution in [0.15, 0.2) is 78.9 Å². The van der Waals surface area contributed by atoms with Crippen molar-refractivity contribution in [2.24, 2.45) is 0 Å². The Morgan fingerprint density at radius 2 is 1.61 bits per heavy atom. The second-order valence-corrected chi connectivity index (χ2v) is 8.12. The van der Waals surface area contributed by atoms with Crippen molar-refractivity contribution in [3.05, 3.63) is 95.8 Å². The number of amides is 2. The molecule has 10 heteroatoms. The minimum absolute atomic E-state index is 0.0908. The highest BCUT2D eigenvalue weighted by Crippen LogP contribution is 2.14. The van der Waals surface area contributed by atoms with Crippen LogP contribution in [-0.2, 0) is 32.1 Å². The molecule has 0 radical (unpaired) electrons. The third-order valence-corrected chi connectivity index (χ3v) is 5.34. The molecule has 1 N–H and O–H groups in total. The van der Waals surface area contributed by atoms with E-state index in [0.717, 1.165) is 4.90 Å². The molecule has 1 atom stereocenters.